The first-order chi connectivity index (χ1) is 14.1. The van der Waals surface area contributed by atoms with Crippen LogP contribution in [0.25, 0.3) is 0 Å². The molecule has 0 aliphatic carbocycles. The molecule has 0 aromatic heterocycles. The summed E-state index contributed by atoms with van der Waals surface area (Å²) in [6, 6.07) is -2.35. The Morgan fingerprint density at radius 1 is 1.00 bits per heavy atom. The maximum absolute atomic E-state index is 12.2. The van der Waals surface area contributed by atoms with Crippen molar-refractivity contribution in [2.45, 2.75) is 58.0 Å². The molecule has 0 aliphatic rings. The maximum atomic E-state index is 12.2. The molecule has 0 unspecified atom stereocenters. The lowest BCUT2D eigenvalue weighted by Gasteiger charge is -2.16. The highest BCUT2D eigenvalue weighted by Gasteiger charge is 2.22. The van der Waals surface area contributed by atoms with E-state index in [0.717, 1.165) is 6.42 Å². The quantitative estimate of drug-likeness (QED) is 0.240. The summed E-state index contributed by atoms with van der Waals surface area (Å²) in [7, 11) is 0. The first-order valence-electron chi connectivity index (χ1n) is 9.69. The number of carboxylic acids is 2. The molecule has 3 atom stereocenters. The zero-order chi connectivity index (χ0) is 23.1. The normalized spacial score (nSPS) is 13.7. The molecule has 0 aliphatic heterocycles. The lowest BCUT2D eigenvalue weighted by Crippen LogP contribution is -2.45. The van der Waals surface area contributed by atoms with Gasteiger partial charge < -0.3 is 26.2 Å². The van der Waals surface area contributed by atoms with Crippen LogP contribution in [0.2, 0.25) is 0 Å². The fourth-order valence-electron chi connectivity index (χ4n) is 2.42. The zero-order valence-electron chi connectivity index (χ0n) is 17.3. The molecule has 0 heterocycles. The van der Waals surface area contributed by atoms with Crippen molar-refractivity contribution < 1.29 is 34.2 Å². The van der Waals surface area contributed by atoms with Crippen molar-refractivity contribution in [3.8, 4) is 0 Å². The van der Waals surface area contributed by atoms with E-state index in [1.807, 2.05) is 19.1 Å². The molecule has 0 bridgehead atoms. The smallest absolute Gasteiger partial charge is 0.326 e. The van der Waals surface area contributed by atoms with Gasteiger partial charge in [-0.2, -0.15) is 0 Å². The zero-order valence-corrected chi connectivity index (χ0v) is 17.3. The highest BCUT2D eigenvalue weighted by molar-refractivity contribution is 5.88. The number of carbonyl (C=O) groups is 5. The van der Waals surface area contributed by atoms with Crippen molar-refractivity contribution in [1.29, 1.82) is 0 Å². The SMILES string of the molecule is C=CC[C@H](/C=C/CC)CC(=O)N[C@H](CCC(=O)NCC(=O)N[C@H](C)C(=O)O)C(=O)O. The van der Waals surface area contributed by atoms with E-state index in [-0.39, 0.29) is 25.2 Å². The predicted octanol–water partition coefficient (Wildman–Crippen LogP) is 0.590. The van der Waals surface area contributed by atoms with Crippen LogP contribution in [0.1, 0.15) is 46.0 Å². The monoisotopic (exact) mass is 425 g/mol. The second-order valence-electron chi connectivity index (χ2n) is 6.73. The molecule has 0 aromatic carbocycles. The van der Waals surface area contributed by atoms with E-state index in [0.29, 0.717) is 6.42 Å². The number of carboxylic acid groups (broad SMARTS) is 2. The first-order valence-corrected chi connectivity index (χ1v) is 9.69. The average molecular weight is 425 g/mol. The van der Waals surface area contributed by atoms with Crippen LogP contribution in [0.5, 0.6) is 0 Å². The number of nitrogens with one attached hydrogen (secondary N) is 3. The summed E-state index contributed by atoms with van der Waals surface area (Å²) in [6.45, 7) is 6.45. The van der Waals surface area contributed by atoms with Crippen molar-refractivity contribution in [3.63, 3.8) is 0 Å². The molecule has 0 fully saturated rings. The molecule has 0 aromatic rings. The Labute approximate surface area is 175 Å². The molecule has 0 saturated carbocycles. The number of carbonyl (C=O) groups excluding carboxylic acids is 3. The Balaban J connectivity index is 4.53. The molecule has 0 rings (SSSR count). The highest BCUT2D eigenvalue weighted by atomic mass is 16.4. The minimum Gasteiger partial charge on any atom is -0.480 e. The van der Waals surface area contributed by atoms with Crippen LogP contribution < -0.4 is 16.0 Å². The standard InChI is InChI=1S/C20H31N3O7/c1-4-6-8-14(7-5-2)11-17(25)23-15(20(29)30)9-10-16(24)21-12-18(26)22-13(3)19(27)28/h5-6,8,13-15H,2,4,7,9-12H2,1,3H3,(H,21,24)(H,22,26)(H,23,25)(H,27,28)(H,29,30)/b8-6+/t13-,14-,15-/m1/s1. The summed E-state index contributed by atoms with van der Waals surface area (Å²) in [4.78, 5) is 57.6. The summed E-state index contributed by atoms with van der Waals surface area (Å²) in [5.41, 5.74) is 0. The number of aliphatic carboxylic acids is 2. The number of hydrogen-bond donors (Lipinski definition) is 5. The Bertz CT molecular complexity index is 661. The molecular formula is C20H31N3O7. The fourth-order valence-corrected chi connectivity index (χ4v) is 2.42. The lowest BCUT2D eigenvalue weighted by molar-refractivity contribution is -0.142. The van der Waals surface area contributed by atoms with Crippen molar-refractivity contribution >= 4 is 29.7 Å². The van der Waals surface area contributed by atoms with E-state index in [2.05, 4.69) is 22.5 Å². The van der Waals surface area contributed by atoms with Gasteiger partial charge in [0.25, 0.3) is 0 Å². The molecule has 10 nitrogen and oxygen atoms in total. The van der Waals surface area contributed by atoms with E-state index in [9.17, 15) is 29.1 Å². The molecule has 5 N–H and O–H groups in total. The van der Waals surface area contributed by atoms with Crippen molar-refractivity contribution in [1.82, 2.24) is 16.0 Å². The Kier molecular flexibility index (Phi) is 13.2. The van der Waals surface area contributed by atoms with Gasteiger partial charge in [0.2, 0.25) is 17.7 Å². The van der Waals surface area contributed by atoms with Crippen LogP contribution in [-0.2, 0) is 24.0 Å². The van der Waals surface area contributed by atoms with E-state index in [1.165, 1.54) is 6.92 Å². The molecule has 30 heavy (non-hydrogen) atoms. The van der Waals surface area contributed by atoms with Gasteiger partial charge in [0.05, 0.1) is 6.54 Å². The number of hydrogen-bond acceptors (Lipinski definition) is 5. The topological polar surface area (TPSA) is 162 Å². The Morgan fingerprint density at radius 2 is 1.67 bits per heavy atom. The van der Waals surface area contributed by atoms with Gasteiger partial charge in [-0.15, -0.1) is 6.58 Å². The van der Waals surface area contributed by atoms with Crippen LogP contribution in [0.15, 0.2) is 24.8 Å². The minimum atomic E-state index is -1.27. The molecule has 3 amide bonds. The van der Waals surface area contributed by atoms with Crippen molar-refractivity contribution in [2.24, 2.45) is 5.92 Å². The average Bonchev–Trinajstić information content (AvgIpc) is 2.67. The molecular weight excluding hydrogens is 394 g/mol. The van der Waals surface area contributed by atoms with E-state index < -0.39 is 48.3 Å². The number of amides is 3. The van der Waals surface area contributed by atoms with Crippen LogP contribution in [0, 0.1) is 5.92 Å². The van der Waals surface area contributed by atoms with Gasteiger partial charge in [-0.1, -0.05) is 25.2 Å². The predicted molar refractivity (Wildman–Crippen MR) is 109 cm³/mol. The third kappa shape index (κ3) is 12.3. The summed E-state index contributed by atoms with van der Waals surface area (Å²) in [5.74, 6) is -4.30. The van der Waals surface area contributed by atoms with Crippen molar-refractivity contribution in [2.75, 3.05) is 6.54 Å². The van der Waals surface area contributed by atoms with Gasteiger partial charge in [0.15, 0.2) is 0 Å². The summed E-state index contributed by atoms with van der Waals surface area (Å²) >= 11 is 0. The molecule has 0 radical (unpaired) electrons. The van der Waals surface area contributed by atoms with E-state index in [4.69, 9.17) is 5.11 Å². The van der Waals surface area contributed by atoms with Crippen LogP contribution in [-0.4, -0.2) is 58.5 Å². The lowest BCUT2D eigenvalue weighted by atomic mass is 9.99. The first kappa shape index (κ1) is 26.8. The third-order valence-corrected chi connectivity index (χ3v) is 4.05. The van der Waals surface area contributed by atoms with E-state index >= 15 is 0 Å². The Morgan fingerprint density at radius 3 is 2.20 bits per heavy atom. The molecule has 10 heteroatoms. The van der Waals surface area contributed by atoms with Gasteiger partial charge in [0, 0.05) is 12.8 Å². The van der Waals surface area contributed by atoms with Gasteiger partial charge in [-0.3, -0.25) is 19.2 Å². The van der Waals surface area contributed by atoms with E-state index in [1.54, 1.807) is 6.08 Å². The van der Waals surface area contributed by atoms with Crippen LogP contribution in [0.3, 0.4) is 0 Å². The maximum Gasteiger partial charge on any atom is 0.326 e. The Hall–Kier alpha value is -3.17. The second-order valence-corrected chi connectivity index (χ2v) is 6.73. The minimum absolute atomic E-state index is 0.0908. The summed E-state index contributed by atoms with van der Waals surface area (Å²) in [6.07, 6.45) is 6.60. The summed E-state index contributed by atoms with van der Waals surface area (Å²) in [5, 5.41) is 24.8. The third-order valence-electron chi connectivity index (χ3n) is 4.05. The van der Waals surface area contributed by atoms with Gasteiger partial charge >= 0.3 is 11.9 Å². The second kappa shape index (κ2) is 14.8. The fraction of sp³-hybridized carbons (Fsp3) is 0.550. The van der Waals surface area contributed by atoms with Gasteiger partial charge in [0.1, 0.15) is 12.1 Å². The van der Waals surface area contributed by atoms with Gasteiger partial charge in [-0.05, 0) is 32.1 Å². The highest BCUT2D eigenvalue weighted by Crippen LogP contribution is 2.12. The largest absolute Gasteiger partial charge is 0.480 e. The number of allylic oxidation sites excluding steroid dienone is 3. The molecule has 0 spiro atoms. The van der Waals surface area contributed by atoms with Crippen LogP contribution in [0.4, 0.5) is 0 Å². The number of rotatable bonds is 15. The van der Waals surface area contributed by atoms with Crippen LogP contribution >= 0.6 is 0 Å². The van der Waals surface area contributed by atoms with Crippen molar-refractivity contribution in [3.05, 3.63) is 24.8 Å². The van der Waals surface area contributed by atoms with Gasteiger partial charge in [-0.25, -0.2) is 4.79 Å². The molecule has 0 saturated heterocycles. The summed E-state index contributed by atoms with van der Waals surface area (Å²) < 4.78 is 0. The molecule has 168 valence electrons.